The van der Waals surface area contributed by atoms with Crippen LogP contribution in [0.5, 0.6) is 0 Å². The van der Waals surface area contributed by atoms with Gasteiger partial charge in [0.2, 0.25) is 0 Å². The SMILES string of the molecule is COC(=O)CC(C)c1ccc2c(-c3ccccc3C)cc(=O)oc2c1. The third-order valence-corrected chi connectivity index (χ3v) is 4.47. The minimum atomic E-state index is -0.386. The molecule has 0 radical (unpaired) electrons. The summed E-state index contributed by atoms with van der Waals surface area (Å²) in [7, 11) is 1.38. The van der Waals surface area contributed by atoms with Crippen LogP contribution in [0.3, 0.4) is 0 Å². The van der Waals surface area contributed by atoms with E-state index in [0.29, 0.717) is 5.58 Å². The molecule has 3 aromatic rings. The molecule has 0 spiro atoms. The first-order valence-corrected chi connectivity index (χ1v) is 8.20. The zero-order chi connectivity index (χ0) is 18.0. The summed E-state index contributed by atoms with van der Waals surface area (Å²) >= 11 is 0. The molecule has 1 aromatic heterocycles. The van der Waals surface area contributed by atoms with E-state index in [9.17, 15) is 9.59 Å². The summed E-state index contributed by atoms with van der Waals surface area (Å²) in [4.78, 5) is 23.5. The second kappa shape index (κ2) is 6.93. The maximum absolute atomic E-state index is 12.1. The summed E-state index contributed by atoms with van der Waals surface area (Å²) < 4.78 is 10.1. The van der Waals surface area contributed by atoms with Crippen LogP contribution in [-0.4, -0.2) is 13.1 Å². The van der Waals surface area contributed by atoms with Gasteiger partial charge in [-0.2, -0.15) is 0 Å². The molecule has 0 aliphatic heterocycles. The lowest BCUT2D eigenvalue weighted by molar-refractivity contribution is -0.140. The molecule has 4 heteroatoms. The lowest BCUT2D eigenvalue weighted by Gasteiger charge is -2.13. The molecule has 0 aliphatic carbocycles. The average molecular weight is 336 g/mol. The number of hydrogen-bond donors (Lipinski definition) is 0. The van der Waals surface area contributed by atoms with E-state index in [4.69, 9.17) is 9.15 Å². The first-order valence-electron chi connectivity index (χ1n) is 8.20. The minimum absolute atomic E-state index is 0.0238. The molecule has 0 aliphatic rings. The fourth-order valence-corrected chi connectivity index (χ4v) is 3.03. The third-order valence-electron chi connectivity index (χ3n) is 4.47. The van der Waals surface area contributed by atoms with Crippen molar-refractivity contribution in [2.45, 2.75) is 26.2 Å². The molecular weight excluding hydrogens is 316 g/mol. The van der Waals surface area contributed by atoms with E-state index in [1.807, 2.05) is 56.3 Å². The van der Waals surface area contributed by atoms with Gasteiger partial charge in [-0.15, -0.1) is 0 Å². The fourth-order valence-electron chi connectivity index (χ4n) is 3.03. The van der Waals surface area contributed by atoms with Gasteiger partial charge in [0.05, 0.1) is 13.5 Å². The topological polar surface area (TPSA) is 56.5 Å². The van der Waals surface area contributed by atoms with Crippen LogP contribution < -0.4 is 5.63 Å². The van der Waals surface area contributed by atoms with Gasteiger partial charge in [0.25, 0.3) is 0 Å². The van der Waals surface area contributed by atoms with Crippen LogP contribution >= 0.6 is 0 Å². The van der Waals surface area contributed by atoms with E-state index in [0.717, 1.165) is 27.6 Å². The van der Waals surface area contributed by atoms with Gasteiger partial charge in [0.15, 0.2) is 0 Å². The Morgan fingerprint density at radius 3 is 2.60 bits per heavy atom. The molecule has 0 fully saturated rings. The molecule has 128 valence electrons. The van der Waals surface area contributed by atoms with Crippen molar-refractivity contribution in [3.63, 3.8) is 0 Å². The van der Waals surface area contributed by atoms with Crippen molar-refractivity contribution in [2.75, 3.05) is 7.11 Å². The van der Waals surface area contributed by atoms with E-state index in [1.165, 1.54) is 13.2 Å². The second-order valence-electron chi connectivity index (χ2n) is 6.23. The Morgan fingerprint density at radius 2 is 1.88 bits per heavy atom. The van der Waals surface area contributed by atoms with Gasteiger partial charge >= 0.3 is 11.6 Å². The van der Waals surface area contributed by atoms with Crippen LogP contribution in [0, 0.1) is 6.92 Å². The zero-order valence-corrected chi connectivity index (χ0v) is 14.5. The third kappa shape index (κ3) is 3.48. The fraction of sp³-hybridized carbons (Fsp3) is 0.238. The molecule has 0 bridgehead atoms. The number of methoxy groups -OCH3 is 1. The molecule has 0 saturated heterocycles. The van der Waals surface area contributed by atoms with Crippen molar-refractivity contribution in [2.24, 2.45) is 0 Å². The highest BCUT2D eigenvalue weighted by Crippen LogP contribution is 2.31. The summed E-state index contributed by atoms with van der Waals surface area (Å²) in [5, 5.41) is 0.878. The summed E-state index contributed by atoms with van der Waals surface area (Å²) in [6, 6.07) is 15.2. The second-order valence-corrected chi connectivity index (χ2v) is 6.23. The van der Waals surface area contributed by atoms with E-state index in [2.05, 4.69) is 0 Å². The number of benzene rings is 2. The highest BCUT2D eigenvalue weighted by molar-refractivity contribution is 5.94. The lowest BCUT2D eigenvalue weighted by atomic mass is 9.94. The van der Waals surface area contributed by atoms with E-state index in [1.54, 1.807) is 0 Å². The Labute approximate surface area is 146 Å². The van der Waals surface area contributed by atoms with Gasteiger partial charge in [-0.1, -0.05) is 43.3 Å². The summed E-state index contributed by atoms with van der Waals surface area (Å²) in [5.74, 6) is -0.285. The molecule has 0 saturated carbocycles. The molecule has 25 heavy (non-hydrogen) atoms. The van der Waals surface area contributed by atoms with Crippen molar-refractivity contribution >= 4 is 16.9 Å². The summed E-state index contributed by atoms with van der Waals surface area (Å²) in [6.45, 7) is 3.96. The van der Waals surface area contributed by atoms with Crippen LogP contribution in [-0.2, 0) is 9.53 Å². The zero-order valence-electron chi connectivity index (χ0n) is 14.5. The maximum Gasteiger partial charge on any atom is 0.336 e. The van der Waals surface area contributed by atoms with Crippen LogP contribution in [0.25, 0.3) is 22.1 Å². The van der Waals surface area contributed by atoms with Gasteiger partial charge < -0.3 is 9.15 Å². The first-order chi connectivity index (χ1) is 12.0. The number of rotatable bonds is 4. The van der Waals surface area contributed by atoms with Gasteiger partial charge in [-0.25, -0.2) is 4.79 Å². The van der Waals surface area contributed by atoms with Gasteiger partial charge in [0, 0.05) is 17.0 Å². The Hall–Kier alpha value is -2.88. The van der Waals surface area contributed by atoms with Gasteiger partial charge in [-0.3, -0.25) is 4.79 Å². The Morgan fingerprint density at radius 1 is 1.12 bits per heavy atom. The number of esters is 1. The smallest absolute Gasteiger partial charge is 0.336 e. The molecule has 4 nitrogen and oxygen atoms in total. The molecule has 0 amide bonds. The monoisotopic (exact) mass is 336 g/mol. The number of fused-ring (bicyclic) bond motifs is 1. The van der Waals surface area contributed by atoms with Crippen molar-refractivity contribution < 1.29 is 13.9 Å². The molecule has 3 rings (SSSR count). The van der Waals surface area contributed by atoms with Crippen LogP contribution in [0.2, 0.25) is 0 Å². The summed E-state index contributed by atoms with van der Waals surface area (Å²) in [6.07, 6.45) is 0.281. The number of aryl methyl sites for hydroxylation is 1. The Balaban J connectivity index is 2.12. The molecule has 2 aromatic carbocycles. The standard InChI is InChI=1S/C21H20O4/c1-13-6-4-5-7-16(13)18-12-21(23)25-19-11-15(8-9-17(18)19)14(2)10-20(22)24-3/h4-9,11-12,14H,10H2,1-3H3. The highest BCUT2D eigenvalue weighted by atomic mass is 16.5. The van der Waals surface area contributed by atoms with Crippen LogP contribution in [0.1, 0.15) is 30.4 Å². The number of hydrogen-bond acceptors (Lipinski definition) is 4. The van der Waals surface area contributed by atoms with Gasteiger partial charge in [-0.05, 0) is 35.6 Å². The van der Waals surface area contributed by atoms with Crippen LogP contribution in [0.4, 0.5) is 0 Å². The van der Waals surface area contributed by atoms with Crippen LogP contribution in [0.15, 0.2) is 57.7 Å². The predicted octanol–water partition coefficient (Wildman–Crippen LogP) is 4.44. The van der Waals surface area contributed by atoms with E-state index in [-0.39, 0.29) is 23.9 Å². The van der Waals surface area contributed by atoms with E-state index < -0.39 is 0 Å². The van der Waals surface area contributed by atoms with E-state index >= 15 is 0 Å². The van der Waals surface area contributed by atoms with Crippen molar-refractivity contribution in [1.82, 2.24) is 0 Å². The molecule has 0 N–H and O–H groups in total. The largest absolute Gasteiger partial charge is 0.469 e. The molecular formula is C21H20O4. The Kier molecular flexibility index (Phi) is 4.70. The quantitative estimate of drug-likeness (QED) is 0.522. The Bertz CT molecular complexity index is 985. The lowest BCUT2D eigenvalue weighted by Crippen LogP contribution is -2.06. The molecule has 1 unspecified atom stereocenters. The molecule has 1 atom stereocenters. The average Bonchev–Trinajstić information content (AvgIpc) is 2.60. The predicted molar refractivity (Wildman–Crippen MR) is 97.7 cm³/mol. The highest BCUT2D eigenvalue weighted by Gasteiger charge is 2.15. The van der Waals surface area contributed by atoms with Crippen molar-refractivity contribution in [3.05, 3.63) is 70.1 Å². The number of carbonyl (C=O) groups excluding carboxylic acids is 1. The normalized spacial score (nSPS) is 12.1. The first kappa shape index (κ1) is 17.0. The minimum Gasteiger partial charge on any atom is -0.469 e. The number of carbonyl (C=O) groups is 1. The number of ether oxygens (including phenoxy) is 1. The van der Waals surface area contributed by atoms with Gasteiger partial charge in [0.1, 0.15) is 5.58 Å². The van der Waals surface area contributed by atoms with Crippen molar-refractivity contribution in [1.29, 1.82) is 0 Å². The molecule has 1 heterocycles. The van der Waals surface area contributed by atoms with Crippen molar-refractivity contribution in [3.8, 4) is 11.1 Å². The maximum atomic E-state index is 12.1. The summed E-state index contributed by atoms with van der Waals surface area (Å²) in [5.41, 5.74) is 4.04.